The maximum Gasteiger partial charge on any atom is 0.497 e. The Morgan fingerprint density at radius 3 is 2.45 bits per heavy atom. The highest BCUT2D eigenvalue weighted by atomic mass is 35.5. The second-order valence-electron chi connectivity index (χ2n) is 7.46. The number of thiazole rings is 1. The van der Waals surface area contributed by atoms with Crippen molar-refractivity contribution in [2.75, 3.05) is 0 Å². The molecule has 1 aromatic heterocycles. The molecule has 1 heterocycles. The van der Waals surface area contributed by atoms with Crippen LogP contribution < -0.4 is 0 Å². The van der Waals surface area contributed by atoms with Crippen molar-refractivity contribution in [2.45, 2.75) is 31.5 Å². The van der Waals surface area contributed by atoms with E-state index in [4.69, 9.17) is 11.6 Å². The fourth-order valence-corrected chi connectivity index (χ4v) is 4.89. The first-order valence-corrected chi connectivity index (χ1v) is 12.1. The first-order valence-electron chi connectivity index (χ1n) is 9.19. The molecule has 3 rings (SSSR count). The molecule has 0 unspecified atom stereocenters. The van der Waals surface area contributed by atoms with Gasteiger partial charge in [-0.15, -0.1) is 11.3 Å². The lowest BCUT2D eigenvalue weighted by Crippen LogP contribution is -2.24. The zero-order valence-electron chi connectivity index (χ0n) is 16.5. The molecule has 0 amide bonds. The summed E-state index contributed by atoms with van der Waals surface area (Å²) >= 11 is 7.52. The number of nitrogens with zero attached hydrogens (tertiary/aromatic N) is 1. The normalized spacial score (nSPS) is 12.5. The summed E-state index contributed by atoms with van der Waals surface area (Å²) in [6.45, 7) is 4.00. The summed E-state index contributed by atoms with van der Waals surface area (Å²) < 4.78 is 74.6. The Labute approximate surface area is 186 Å². The van der Waals surface area contributed by atoms with Gasteiger partial charge in [0.05, 0.1) is 16.5 Å². The summed E-state index contributed by atoms with van der Waals surface area (Å²) in [5.74, 6) is -1.18. The fraction of sp³-hybridized carbons (Fsp3) is 0.286. The van der Waals surface area contributed by atoms with Gasteiger partial charge in [0.2, 0.25) is 0 Å². The van der Waals surface area contributed by atoms with Gasteiger partial charge in [-0.2, -0.15) is 13.2 Å². The van der Waals surface area contributed by atoms with E-state index in [2.05, 4.69) is 4.98 Å². The molecular weight excluding hydrogens is 474 g/mol. The number of aromatic nitrogens is 1. The summed E-state index contributed by atoms with van der Waals surface area (Å²) in [6, 6.07) is 8.70. The van der Waals surface area contributed by atoms with E-state index in [1.807, 2.05) is 13.8 Å². The third kappa shape index (κ3) is 5.45. The molecule has 0 saturated carbocycles. The molecule has 31 heavy (non-hydrogen) atoms. The maximum absolute atomic E-state index is 14.1. The zero-order chi connectivity index (χ0) is 23.0. The molecule has 0 N–H and O–H groups in total. The van der Waals surface area contributed by atoms with Crippen LogP contribution in [0.15, 0.2) is 41.8 Å². The maximum atomic E-state index is 14.1. The van der Waals surface area contributed by atoms with Gasteiger partial charge >= 0.3 is 5.51 Å². The Bertz CT molecular complexity index is 1200. The quantitative estimate of drug-likeness (QED) is 0.352. The molecule has 3 aromatic rings. The van der Waals surface area contributed by atoms with Crippen LogP contribution in [0.3, 0.4) is 0 Å². The number of rotatable bonds is 6. The van der Waals surface area contributed by atoms with E-state index >= 15 is 0 Å². The van der Waals surface area contributed by atoms with Crippen LogP contribution in [-0.2, 0) is 22.0 Å². The Balaban J connectivity index is 1.88. The number of halogens is 5. The van der Waals surface area contributed by atoms with Crippen molar-refractivity contribution >= 4 is 32.8 Å². The first-order chi connectivity index (χ1) is 14.4. The van der Waals surface area contributed by atoms with Crippen LogP contribution in [0, 0.1) is 11.7 Å². The summed E-state index contributed by atoms with van der Waals surface area (Å²) in [7, 11) is -5.30. The summed E-state index contributed by atoms with van der Waals surface area (Å²) in [6.07, 6.45) is 0.589. The molecule has 0 spiro atoms. The van der Waals surface area contributed by atoms with Crippen LogP contribution in [0.5, 0.6) is 0 Å². The van der Waals surface area contributed by atoms with Crippen molar-refractivity contribution in [3.63, 3.8) is 0 Å². The van der Waals surface area contributed by atoms with E-state index in [1.165, 1.54) is 35.6 Å². The first kappa shape index (κ1) is 23.7. The Morgan fingerprint density at radius 2 is 1.84 bits per heavy atom. The van der Waals surface area contributed by atoms with Gasteiger partial charge in [0, 0.05) is 16.5 Å². The topological polar surface area (TPSA) is 47.0 Å². The second kappa shape index (κ2) is 8.88. The van der Waals surface area contributed by atoms with Crippen molar-refractivity contribution in [1.29, 1.82) is 0 Å². The molecule has 166 valence electrons. The minimum atomic E-state index is -5.33. The van der Waals surface area contributed by atoms with E-state index < -0.39 is 21.1 Å². The van der Waals surface area contributed by atoms with Gasteiger partial charge in [-0.25, -0.2) is 17.8 Å². The van der Waals surface area contributed by atoms with Crippen LogP contribution in [0.25, 0.3) is 21.8 Å². The van der Waals surface area contributed by atoms with Crippen LogP contribution in [-0.4, -0.2) is 18.9 Å². The molecule has 0 saturated heterocycles. The average molecular weight is 492 g/mol. The standard InChI is InChI=1S/C21H18ClF4NO2S2/c1-12(2)7-15-9-14(4-6-18(15)23)20-27-19(10-30-20)16-5-3-13(8-17(16)22)11-31(28,29)21(24,25)26/h3-6,8-10,12H,7,11H2,1-2H3. The smallest absolute Gasteiger partial charge is 0.236 e. The third-order valence-electron chi connectivity index (χ3n) is 4.44. The zero-order valence-corrected chi connectivity index (χ0v) is 18.9. The Morgan fingerprint density at radius 1 is 1.13 bits per heavy atom. The molecule has 0 atom stereocenters. The lowest BCUT2D eigenvalue weighted by Gasteiger charge is -2.09. The highest BCUT2D eigenvalue weighted by Gasteiger charge is 2.45. The molecule has 0 aliphatic carbocycles. The lowest BCUT2D eigenvalue weighted by atomic mass is 10.0. The van der Waals surface area contributed by atoms with Gasteiger partial charge in [-0.05, 0) is 47.7 Å². The summed E-state index contributed by atoms with van der Waals surface area (Å²) in [4.78, 5) is 4.52. The summed E-state index contributed by atoms with van der Waals surface area (Å²) in [5, 5.41) is 2.46. The monoisotopic (exact) mass is 491 g/mol. The van der Waals surface area contributed by atoms with Gasteiger partial charge in [-0.3, -0.25) is 0 Å². The van der Waals surface area contributed by atoms with Crippen LogP contribution in [0.4, 0.5) is 17.6 Å². The molecule has 0 bridgehead atoms. The SMILES string of the molecule is CC(C)Cc1cc(-c2nc(-c3ccc(CS(=O)(=O)C(F)(F)F)cc3Cl)cs2)ccc1F. The van der Waals surface area contributed by atoms with Crippen molar-refractivity contribution in [2.24, 2.45) is 5.92 Å². The molecule has 3 nitrogen and oxygen atoms in total. The highest BCUT2D eigenvalue weighted by molar-refractivity contribution is 7.91. The van der Waals surface area contributed by atoms with E-state index in [1.54, 1.807) is 17.5 Å². The van der Waals surface area contributed by atoms with Crippen molar-refractivity contribution < 1.29 is 26.0 Å². The molecule has 0 radical (unpaired) electrons. The van der Waals surface area contributed by atoms with E-state index in [-0.39, 0.29) is 22.3 Å². The van der Waals surface area contributed by atoms with Gasteiger partial charge in [0.1, 0.15) is 10.8 Å². The Kier molecular flexibility index (Phi) is 6.78. The molecule has 2 aromatic carbocycles. The predicted octanol–water partition coefficient (Wildman–Crippen LogP) is 6.90. The minimum absolute atomic E-state index is 0.0709. The molecule has 0 aliphatic heterocycles. The van der Waals surface area contributed by atoms with Crippen molar-refractivity contribution in [1.82, 2.24) is 4.98 Å². The van der Waals surface area contributed by atoms with Gasteiger partial charge < -0.3 is 0 Å². The number of sulfone groups is 1. The number of alkyl halides is 3. The minimum Gasteiger partial charge on any atom is -0.236 e. The third-order valence-corrected chi connectivity index (χ3v) is 7.07. The second-order valence-corrected chi connectivity index (χ2v) is 10.7. The number of hydrogen-bond donors (Lipinski definition) is 0. The van der Waals surface area contributed by atoms with E-state index in [0.717, 1.165) is 5.56 Å². The van der Waals surface area contributed by atoms with Gasteiger partial charge in [0.15, 0.2) is 0 Å². The largest absolute Gasteiger partial charge is 0.497 e. The summed E-state index contributed by atoms with van der Waals surface area (Å²) in [5.41, 5.74) is -3.11. The Hall–Kier alpha value is -1.97. The molecule has 0 fully saturated rings. The number of benzene rings is 2. The van der Waals surface area contributed by atoms with E-state index in [0.29, 0.717) is 28.2 Å². The van der Waals surface area contributed by atoms with Crippen LogP contribution >= 0.6 is 22.9 Å². The van der Waals surface area contributed by atoms with Gasteiger partial charge in [-0.1, -0.05) is 37.6 Å². The van der Waals surface area contributed by atoms with Crippen LogP contribution in [0.1, 0.15) is 25.0 Å². The highest BCUT2D eigenvalue weighted by Crippen LogP contribution is 2.35. The van der Waals surface area contributed by atoms with E-state index in [9.17, 15) is 26.0 Å². The average Bonchev–Trinajstić information content (AvgIpc) is 3.12. The van der Waals surface area contributed by atoms with Crippen molar-refractivity contribution in [3.8, 4) is 21.8 Å². The lowest BCUT2D eigenvalue weighted by molar-refractivity contribution is -0.0437. The fourth-order valence-electron chi connectivity index (χ4n) is 2.99. The molecule has 10 heteroatoms. The van der Waals surface area contributed by atoms with Gasteiger partial charge in [0.25, 0.3) is 9.84 Å². The molecule has 0 aliphatic rings. The molecular formula is C21H18ClF4NO2S2. The van der Waals surface area contributed by atoms with Crippen molar-refractivity contribution in [3.05, 3.63) is 63.7 Å². The van der Waals surface area contributed by atoms with Crippen LogP contribution in [0.2, 0.25) is 5.02 Å². The predicted molar refractivity (Wildman–Crippen MR) is 115 cm³/mol. The number of hydrogen-bond acceptors (Lipinski definition) is 4.